The minimum atomic E-state index is -6.07. The summed E-state index contributed by atoms with van der Waals surface area (Å²) in [4.78, 5) is 0. The van der Waals surface area contributed by atoms with Crippen molar-refractivity contribution in [1.82, 2.24) is 0 Å². The second kappa shape index (κ2) is 11.8. The number of hydrogen-bond acceptors (Lipinski definition) is 9. The van der Waals surface area contributed by atoms with Gasteiger partial charge in [-0.25, -0.2) is 0 Å². The average molecular weight is 378 g/mol. The summed E-state index contributed by atoms with van der Waals surface area (Å²) in [5.74, 6) is 0. The normalized spacial score (nSPS) is 10.6. The van der Waals surface area contributed by atoms with Gasteiger partial charge in [-0.05, 0) is 0 Å². The molecule has 0 unspecified atom stereocenters. The van der Waals surface area contributed by atoms with Crippen molar-refractivity contribution in [1.29, 1.82) is 0 Å². The number of rotatable bonds is 2. The van der Waals surface area contributed by atoms with Crippen molar-refractivity contribution in [3.8, 4) is 0 Å². The Labute approximate surface area is 144 Å². The molecule has 0 aromatic heterocycles. The summed E-state index contributed by atoms with van der Waals surface area (Å²) in [5, 5.41) is 0. The van der Waals surface area contributed by atoms with Crippen LogP contribution in [-0.2, 0) is 55.7 Å². The Bertz CT molecular complexity index is 415. The Kier molecular flexibility index (Phi) is 21.7. The fourth-order valence-corrected chi connectivity index (χ4v) is 1.74. The molecule has 0 saturated carbocycles. The van der Waals surface area contributed by atoms with E-state index in [0.29, 0.717) is 0 Å². The molecule has 0 fully saturated rings. The molecule has 0 aliphatic carbocycles. The molecule has 4 N–H and O–H groups in total. The standard InChI is InChI=1S/2Cr.2Na.H2O4S.H2O.7O/c;;;;1-5(2,3)4;;;;;;;;/h;;;;(H2,1,2,3,4);1H2;;;;;;;/q;;2*+1;;;;;;;;2*-1. The molecular weight excluding hydrogens is 374 g/mol. The van der Waals surface area contributed by atoms with E-state index in [4.69, 9.17) is 17.5 Å². The van der Waals surface area contributed by atoms with Gasteiger partial charge in [0.1, 0.15) is 0 Å². The Hall–Kier alpha value is 1.97. The first kappa shape index (κ1) is 31.4. The van der Waals surface area contributed by atoms with Crippen molar-refractivity contribution in [3.63, 3.8) is 0 Å². The molecule has 17 heavy (non-hydrogen) atoms. The van der Waals surface area contributed by atoms with Crippen LogP contribution in [0.3, 0.4) is 0 Å². The van der Waals surface area contributed by atoms with Crippen molar-refractivity contribution in [3.05, 3.63) is 0 Å². The third kappa shape index (κ3) is 72.1. The molecule has 12 nitrogen and oxygen atoms in total. The summed E-state index contributed by atoms with van der Waals surface area (Å²) in [5.41, 5.74) is 0. The Morgan fingerprint density at radius 2 is 1.00 bits per heavy atom. The average Bonchev–Trinajstić information content (AvgIpc) is 1.42. The molecule has 0 heterocycles. The van der Waals surface area contributed by atoms with Crippen molar-refractivity contribution in [2.45, 2.75) is 0 Å². The van der Waals surface area contributed by atoms with E-state index in [2.05, 4.69) is 2.84 Å². The molecule has 0 bridgehead atoms. The van der Waals surface area contributed by atoms with Gasteiger partial charge in [0, 0.05) is 0 Å². The Morgan fingerprint density at radius 3 is 1.00 bits per heavy atom. The van der Waals surface area contributed by atoms with E-state index in [-0.39, 0.29) is 64.6 Å². The molecule has 0 saturated heterocycles. The second-order valence-electron chi connectivity index (χ2n) is 1.33. The fourth-order valence-electron chi connectivity index (χ4n) is 0.102. The van der Waals surface area contributed by atoms with Crippen LogP contribution in [0.5, 0.6) is 0 Å². The summed E-state index contributed by atoms with van der Waals surface area (Å²) in [6.45, 7) is 0. The van der Waals surface area contributed by atoms with Crippen molar-refractivity contribution >= 4 is 10.4 Å². The van der Waals surface area contributed by atoms with Crippen LogP contribution in [-0.4, -0.2) is 23.0 Å². The van der Waals surface area contributed by atoms with Crippen LogP contribution in [0.1, 0.15) is 0 Å². The van der Waals surface area contributed by atoms with E-state index in [0.717, 1.165) is 0 Å². The first-order valence-corrected chi connectivity index (χ1v) is 7.59. The van der Waals surface area contributed by atoms with Gasteiger partial charge in [-0.3, -0.25) is 9.11 Å². The minimum absolute atomic E-state index is 0. The molecular formula is H4Cr2Na2O12S. The van der Waals surface area contributed by atoms with Gasteiger partial charge in [0.05, 0.1) is 0 Å². The third-order valence-electron chi connectivity index (χ3n) is 0.167. The molecule has 0 aromatic rings. The molecule has 96 valence electrons. The molecule has 0 aromatic carbocycles. The Balaban J connectivity index is -0.0000000533. The van der Waals surface area contributed by atoms with Gasteiger partial charge >= 0.3 is 123 Å². The van der Waals surface area contributed by atoms with Crippen LogP contribution in [0.4, 0.5) is 0 Å². The monoisotopic (exact) mass is 378 g/mol. The molecule has 0 atom stereocenters. The Morgan fingerprint density at radius 1 is 0.882 bits per heavy atom. The zero-order chi connectivity index (χ0) is 12.2. The van der Waals surface area contributed by atoms with Crippen molar-refractivity contribution in [2.75, 3.05) is 0 Å². The van der Waals surface area contributed by atoms with Crippen LogP contribution in [0.25, 0.3) is 0 Å². The maximum absolute atomic E-state index is 9.38. The molecule has 0 amide bonds. The van der Waals surface area contributed by atoms with Gasteiger partial charge in [0.15, 0.2) is 0 Å². The first-order valence-electron chi connectivity index (χ1n) is 2.03. The third-order valence-corrected chi connectivity index (χ3v) is 2.83. The quantitative estimate of drug-likeness (QED) is 0.338. The molecule has 0 rings (SSSR count). The van der Waals surface area contributed by atoms with Crippen LogP contribution in [0.2, 0.25) is 0 Å². The topological polar surface area (TPSA) is 230 Å². The van der Waals surface area contributed by atoms with Gasteiger partial charge in [0.25, 0.3) is 0 Å². The van der Waals surface area contributed by atoms with E-state index in [1.165, 1.54) is 0 Å². The van der Waals surface area contributed by atoms with Gasteiger partial charge in [-0.1, -0.05) is 0 Å². The zero-order valence-corrected chi connectivity index (χ0v) is 15.7. The predicted octanol–water partition coefficient (Wildman–Crippen LogP) is -10.4. The molecule has 17 heteroatoms. The summed E-state index contributed by atoms with van der Waals surface area (Å²) >= 11 is -12.1. The second-order valence-corrected chi connectivity index (χ2v) is 5.87. The molecule has 0 aliphatic heterocycles. The van der Waals surface area contributed by atoms with Crippen molar-refractivity contribution < 1.29 is 136 Å². The van der Waals surface area contributed by atoms with Crippen LogP contribution < -0.4 is 67.4 Å². The number of hydrogen-bond donors (Lipinski definition) is 2. The summed E-state index contributed by atoms with van der Waals surface area (Å²) in [6, 6.07) is 0. The van der Waals surface area contributed by atoms with E-state index < -0.39 is 37.6 Å². The van der Waals surface area contributed by atoms with Crippen LogP contribution >= 0.6 is 0 Å². The summed E-state index contributed by atoms with van der Waals surface area (Å²) in [7, 11) is -4.67. The maximum atomic E-state index is 9.38. The van der Waals surface area contributed by atoms with Gasteiger partial charge in [-0.2, -0.15) is 8.42 Å². The first-order chi connectivity index (χ1) is 5.71. The van der Waals surface area contributed by atoms with Gasteiger partial charge in [-0.15, -0.1) is 0 Å². The SMILES string of the molecule is O.O=S(=O)(O)O.[Na+].[Na+].[O]=[Cr](=[O])([O-])[O][Cr](=[O])(=[O])[O-]. The van der Waals surface area contributed by atoms with Crippen LogP contribution in [0, 0.1) is 0 Å². The van der Waals surface area contributed by atoms with E-state index in [1.807, 2.05) is 0 Å². The van der Waals surface area contributed by atoms with Gasteiger partial charge in [0.2, 0.25) is 0 Å². The van der Waals surface area contributed by atoms with E-state index >= 15 is 0 Å². The van der Waals surface area contributed by atoms with Crippen LogP contribution in [0.15, 0.2) is 0 Å². The summed E-state index contributed by atoms with van der Waals surface area (Å²) in [6.07, 6.45) is 0. The van der Waals surface area contributed by atoms with Gasteiger partial charge < -0.3 is 5.48 Å². The van der Waals surface area contributed by atoms with Crippen molar-refractivity contribution in [2.24, 2.45) is 0 Å². The molecule has 0 radical (unpaired) electrons. The fraction of sp³-hybridized carbons (Fsp3) is 0. The molecule has 0 spiro atoms. The zero-order valence-electron chi connectivity index (χ0n) is 8.29. The van der Waals surface area contributed by atoms with E-state index in [9.17, 15) is 23.5 Å². The molecule has 0 aliphatic rings. The summed E-state index contributed by atoms with van der Waals surface area (Å²) < 4.78 is 90.5. The predicted molar refractivity (Wildman–Crippen MR) is 21.6 cm³/mol. The van der Waals surface area contributed by atoms with E-state index in [1.54, 1.807) is 0 Å².